The van der Waals surface area contributed by atoms with Crippen LogP contribution >= 0.6 is 0 Å². The maximum absolute atomic E-state index is 6.45. The zero-order chi connectivity index (χ0) is 14.6. The Labute approximate surface area is 124 Å². The molecule has 0 bridgehead atoms. The lowest BCUT2D eigenvalue weighted by Gasteiger charge is -2.29. The molecule has 0 saturated heterocycles. The molecule has 0 aliphatic heterocycles. The molecule has 2 aromatic rings. The van der Waals surface area contributed by atoms with E-state index in [0.717, 1.165) is 12.2 Å². The smallest absolute Gasteiger partial charge is 0.250 e. The highest BCUT2D eigenvalue weighted by atomic mass is 28.4. The van der Waals surface area contributed by atoms with Crippen molar-refractivity contribution in [3.63, 3.8) is 0 Å². The third kappa shape index (κ3) is 3.06. The van der Waals surface area contributed by atoms with E-state index >= 15 is 0 Å². The summed E-state index contributed by atoms with van der Waals surface area (Å²) in [5.74, 6) is 1.05. The molecule has 2 aromatic carbocycles. The standard InChI is InChI=1S/C18H26OSi/c1-5-15-9-10-17-14-18(12-11-16(17)13-15)19-20(6-2,7-3)8-4/h9-14H,5-8H2,1-4H3. The average Bonchev–Trinajstić information content (AvgIpc) is 2.52. The Morgan fingerprint density at radius 3 is 2.00 bits per heavy atom. The van der Waals surface area contributed by atoms with Crippen LogP contribution in [0.3, 0.4) is 0 Å². The van der Waals surface area contributed by atoms with Gasteiger partial charge in [0.2, 0.25) is 8.32 Å². The summed E-state index contributed by atoms with van der Waals surface area (Å²) in [6.07, 6.45) is 1.09. The summed E-state index contributed by atoms with van der Waals surface area (Å²) in [7, 11) is -1.56. The van der Waals surface area contributed by atoms with Crippen LogP contribution in [-0.2, 0) is 6.42 Å². The molecule has 0 unspecified atom stereocenters. The number of hydrogen-bond acceptors (Lipinski definition) is 1. The van der Waals surface area contributed by atoms with E-state index in [4.69, 9.17) is 4.43 Å². The van der Waals surface area contributed by atoms with Crippen molar-refractivity contribution in [3.05, 3.63) is 42.0 Å². The summed E-state index contributed by atoms with van der Waals surface area (Å²) in [4.78, 5) is 0. The molecule has 0 amide bonds. The van der Waals surface area contributed by atoms with Gasteiger partial charge in [0, 0.05) is 0 Å². The van der Waals surface area contributed by atoms with E-state index < -0.39 is 8.32 Å². The molecular formula is C18H26OSi. The summed E-state index contributed by atoms with van der Waals surface area (Å²) < 4.78 is 6.45. The van der Waals surface area contributed by atoms with Gasteiger partial charge in [-0.05, 0) is 53.0 Å². The lowest BCUT2D eigenvalue weighted by molar-refractivity contribution is 0.533. The Balaban J connectivity index is 2.32. The van der Waals surface area contributed by atoms with Crippen molar-refractivity contribution in [2.75, 3.05) is 0 Å². The second-order valence-electron chi connectivity index (χ2n) is 5.54. The summed E-state index contributed by atoms with van der Waals surface area (Å²) in [6, 6.07) is 16.8. The third-order valence-electron chi connectivity index (χ3n) is 4.55. The van der Waals surface area contributed by atoms with E-state index in [0.29, 0.717) is 0 Å². The molecule has 1 nitrogen and oxygen atoms in total. The Hall–Kier alpha value is -1.28. The molecule has 108 valence electrons. The van der Waals surface area contributed by atoms with E-state index in [2.05, 4.69) is 64.1 Å². The maximum atomic E-state index is 6.45. The number of hydrogen-bond donors (Lipinski definition) is 0. The quantitative estimate of drug-likeness (QED) is 0.611. The second kappa shape index (κ2) is 6.44. The van der Waals surface area contributed by atoms with Crippen molar-refractivity contribution >= 4 is 19.1 Å². The highest BCUT2D eigenvalue weighted by Crippen LogP contribution is 2.28. The summed E-state index contributed by atoms with van der Waals surface area (Å²) in [5, 5.41) is 2.60. The first kappa shape index (κ1) is 15.1. The van der Waals surface area contributed by atoms with Gasteiger partial charge in [-0.3, -0.25) is 0 Å². The lowest BCUT2D eigenvalue weighted by atomic mass is 10.1. The maximum Gasteiger partial charge on any atom is 0.250 e. The van der Waals surface area contributed by atoms with Crippen LogP contribution in [0.1, 0.15) is 33.3 Å². The van der Waals surface area contributed by atoms with Crippen LogP contribution in [0.15, 0.2) is 36.4 Å². The van der Waals surface area contributed by atoms with Crippen LogP contribution in [-0.4, -0.2) is 8.32 Å². The van der Waals surface area contributed by atoms with E-state index in [-0.39, 0.29) is 0 Å². The highest BCUT2D eigenvalue weighted by molar-refractivity contribution is 6.74. The molecule has 0 N–H and O–H groups in total. The fourth-order valence-corrected chi connectivity index (χ4v) is 5.33. The van der Waals surface area contributed by atoms with Gasteiger partial charge in [-0.15, -0.1) is 0 Å². The van der Waals surface area contributed by atoms with Crippen molar-refractivity contribution in [3.8, 4) is 5.75 Å². The van der Waals surface area contributed by atoms with Crippen LogP contribution in [0.5, 0.6) is 5.75 Å². The monoisotopic (exact) mass is 286 g/mol. The zero-order valence-corrected chi connectivity index (χ0v) is 14.2. The van der Waals surface area contributed by atoms with E-state index in [1.165, 1.54) is 34.5 Å². The van der Waals surface area contributed by atoms with Crippen molar-refractivity contribution in [2.24, 2.45) is 0 Å². The molecule has 0 aromatic heterocycles. The van der Waals surface area contributed by atoms with Crippen LogP contribution in [0.2, 0.25) is 18.1 Å². The Morgan fingerprint density at radius 2 is 1.40 bits per heavy atom. The molecule has 0 aliphatic carbocycles. The number of aryl methyl sites for hydroxylation is 1. The third-order valence-corrected chi connectivity index (χ3v) is 9.09. The van der Waals surface area contributed by atoms with Crippen LogP contribution in [0, 0.1) is 0 Å². The molecule has 0 heterocycles. The Bertz CT molecular complexity index is 564. The summed E-state index contributed by atoms with van der Waals surface area (Å²) in [5.41, 5.74) is 1.39. The van der Waals surface area contributed by atoms with Gasteiger partial charge in [0.1, 0.15) is 5.75 Å². The molecule has 20 heavy (non-hydrogen) atoms. The highest BCUT2D eigenvalue weighted by Gasteiger charge is 2.30. The fraction of sp³-hybridized carbons (Fsp3) is 0.444. The van der Waals surface area contributed by atoms with E-state index in [1.54, 1.807) is 0 Å². The molecule has 0 fully saturated rings. The number of benzene rings is 2. The molecule has 0 atom stereocenters. The molecule has 2 heteroatoms. The first-order chi connectivity index (χ1) is 9.66. The van der Waals surface area contributed by atoms with Gasteiger partial charge < -0.3 is 4.43 Å². The number of fused-ring (bicyclic) bond motifs is 1. The molecule has 0 aliphatic rings. The molecule has 0 radical (unpaired) electrons. The van der Waals surface area contributed by atoms with Crippen LogP contribution in [0.25, 0.3) is 10.8 Å². The molecular weight excluding hydrogens is 260 g/mol. The first-order valence-electron chi connectivity index (χ1n) is 7.88. The SMILES string of the molecule is CCc1ccc2cc(O[Si](CC)(CC)CC)ccc2c1. The van der Waals surface area contributed by atoms with Crippen LogP contribution in [0.4, 0.5) is 0 Å². The number of rotatable bonds is 6. The fourth-order valence-electron chi connectivity index (χ4n) is 2.77. The van der Waals surface area contributed by atoms with Gasteiger partial charge in [0.15, 0.2) is 0 Å². The molecule has 2 rings (SSSR count). The zero-order valence-electron chi connectivity index (χ0n) is 13.2. The Kier molecular flexibility index (Phi) is 4.87. The minimum absolute atomic E-state index is 1.05. The van der Waals surface area contributed by atoms with Gasteiger partial charge in [0.05, 0.1) is 0 Å². The molecule has 0 spiro atoms. The van der Waals surface area contributed by atoms with Gasteiger partial charge in [-0.1, -0.05) is 52.0 Å². The average molecular weight is 286 g/mol. The van der Waals surface area contributed by atoms with Crippen LogP contribution < -0.4 is 4.43 Å². The lowest BCUT2D eigenvalue weighted by Crippen LogP contribution is -2.39. The minimum Gasteiger partial charge on any atom is -0.543 e. The van der Waals surface area contributed by atoms with E-state index in [1.807, 2.05) is 0 Å². The van der Waals surface area contributed by atoms with Crippen molar-refractivity contribution < 1.29 is 4.43 Å². The van der Waals surface area contributed by atoms with E-state index in [9.17, 15) is 0 Å². The van der Waals surface area contributed by atoms with Gasteiger partial charge in [-0.2, -0.15) is 0 Å². The van der Waals surface area contributed by atoms with Crippen molar-refractivity contribution in [1.29, 1.82) is 0 Å². The van der Waals surface area contributed by atoms with Gasteiger partial charge in [-0.25, -0.2) is 0 Å². The van der Waals surface area contributed by atoms with Crippen molar-refractivity contribution in [1.82, 2.24) is 0 Å². The topological polar surface area (TPSA) is 9.23 Å². The van der Waals surface area contributed by atoms with Gasteiger partial charge >= 0.3 is 0 Å². The summed E-state index contributed by atoms with van der Waals surface area (Å²) >= 11 is 0. The minimum atomic E-state index is -1.56. The second-order valence-corrected chi connectivity index (χ2v) is 10.2. The predicted octanol–water partition coefficient (Wildman–Crippen LogP) is 5.79. The normalized spacial score (nSPS) is 11.8. The predicted molar refractivity (Wildman–Crippen MR) is 91.2 cm³/mol. The largest absolute Gasteiger partial charge is 0.543 e. The van der Waals surface area contributed by atoms with Crippen molar-refractivity contribution in [2.45, 2.75) is 52.2 Å². The first-order valence-corrected chi connectivity index (χ1v) is 10.4. The van der Waals surface area contributed by atoms with Gasteiger partial charge in [0.25, 0.3) is 0 Å². The Morgan fingerprint density at radius 1 is 0.800 bits per heavy atom. The summed E-state index contributed by atoms with van der Waals surface area (Å²) in [6.45, 7) is 9.01. The molecule has 0 saturated carbocycles.